The zero-order valence-corrected chi connectivity index (χ0v) is 13.6. The van der Waals surface area contributed by atoms with Gasteiger partial charge in [-0.15, -0.1) is 0 Å². The van der Waals surface area contributed by atoms with Gasteiger partial charge in [0.25, 0.3) is 0 Å². The van der Waals surface area contributed by atoms with Crippen LogP contribution in [0.2, 0.25) is 0 Å². The predicted molar refractivity (Wildman–Crippen MR) is 81.6 cm³/mol. The highest BCUT2D eigenvalue weighted by molar-refractivity contribution is 7.89. The number of amides is 1. The monoisotopic (exact) mass is 394 g/mol. The number of hydrogen-bond acceptors (Lipinski definition) is 3. The molecule has 2 rings (SSSR count). The van der Waals surface area contributed by atoms with Crippen molar-refractivity contribution in [2.75, 3.05) is 11.9 Å². The first-order valence-electron chi connectivity index (χ1n) is 6.91. The Bertz CT molecular complexity index is 912. The van der Waals surface area contributed by atoms with Crippen LogP contribution in [-0.2, 0) is 21.0 Å². The van der Waals surface area contributed by atoms with Gasteiger partial charge in [-0.05, 0) is 42.5 Å². The first-order chi connectivity index (χ1) is 12.0. The predicted octanol–water partition coefficient (Wildman–Crippen LogP) is 2.90. The molecule has 5 nitrogen and oxygen atoms in total. The maximum atomic E-state index is 13.6. The zero-order valence-electron chi connectivity index (χ0n) is 12.8. The van der Waals surface area contributed by atoms with Gasteiger partial charge in [-0.2, -0.15) is 13.2 Å². The number of rotatable bonds is 5. The Balaban J connectivity index is 2.11. The SMILES string of the molecule is O=C(CNS(=O)(=O)c1cc(C(F)(F)F)ccc1F)Nc1ccc(F)cc1. The summed E-state index contributed by atoms with van der Waals surface area (Å²) in [5, 5.41) is 2.24. The number of anilines is 1. The summed E-state index contributed by atoms with van der Waals surface area (Å²) in [6.07, 6.45) is -4.86. The lowest BCUT2D eigenvalue weighted by Gasteiger charge is -2.11. The molecular weight excluding hydrogens is 383 g/mol. The minimum Gasteiger partial charge on any atom is -0.325 e. The smallest absolute Gasteiger partial charge is 0.325 e. The quantitative estimate of drug-likeness (QED) is 0.766. The fourth-order valence-electron chi connectivity index (χ4n) is 1.86. The van der Waals surface area contributed by atoms with E-state index in [0.29, 0.717) is 12.1 Å². The maximum absolute atomic E-state index is 13.6. The molecule has 0 saturated carbocycles. The van der Waals surface area contributed by atoms with Crippen LogP contribution in [0.4, 0.5) is 27.6 Å². The Morgan fingerprint density at radius 3 is 2.19 bits per heavy atom. The average Bonchev–Trinajstić information content (AvgIpc) is 2.54. The molecule has 0 aromatic heterocycles. The summed E-state index contributed by atoms with van der Waals surface area (Å²) < 4.78 is 90.0. The number of benzene rings is 2. The van der Waals surface area contributed by atoms with Crippen molar-refractivity contribution >= 4 is 21.6 Å². The van der Waals surface area contributed by atoms with Gasteiger partial charge in [-0.3, -0.25) is 4.79 Å². The molecule has 26 heavy (non-hydrogen) atoms. The second kappa shape index (κ2) is 7.38. The summed E-state index contributed by atoms with van der Waals surface area (Å²) in [4.78, 5) is 10.4. The van der Waals surface area contributed by atoms with E-state index in [1.807, 2.05) is 0 Å². The van der Waals surface area contributed by atoms with Gasteiger partial charge in [-0.1, -0.05) is 0 Å². The largest absolute Gasteiger partial charge is 0.416 e. The van der Waals surface area contributed by atoms with Crippen LogP contribution in [0.3, 0.4) is 0 Å². The standard InChI is InChI=1S/C15H11F5N2O3S/c16-10-2-4-11(5-3-10)22-14(23)8-21-26(24,25)13-7-9(15(18,19)20)1-6-12(13)17/h1-7,21H,8H2,(H,22,23). The van der Waals surface area contributed by atoms with Gasteiger partial charge in [-0.25, -0.2) is 21.9 Å². The summed E-state index contributed by atoms with van der Waals surface area (Å²) in [5.74, 6) is -2.83. The summed E-state index contributed by atoms with van der Waals surface area (Å²) in [7, 11) is -4.71. The summed E-state index contributed by atoms with van der Waals surface area (Å²) >= 11 is 0. The van der Waals surface area contributed by atoms with E-state index in [1.54, 1.807) is 4.72 Å². The van der Waals surface area contributed by atoms with Crippen LogP contribution in [0.25, 0.3) is 0 Å². The van der Waals surface area contributed by atoms with E-state index >= 15 is 0 Å². The van der Waals surface area contributed by atoms with E-state index in [1.165, 1.54) is 12.1 Å². The molecule has 2 aromatic carbocycles. The third-order valence-electron chi connectivity index (χ3n) is 3.10. The number of alkyl halides is 3. The van der Waals surface area contributed by atoms with Crippen molar-refractivity contribution in [1.82, 2.24) is 4.72 Å². The number of carbonyl (C=O) groups is 1. The number of sulfonamides is 1. The number of carbonyl (C=O) groups excluding carboxylic acids is 1. The lowest BCUT2D eigenvalue weighted by Crippen LogP contribution is -2.33. The van der Waals surface area contributed by atoms with Crippen molar-refractivity contribution in [2.45, 2.75) is 11.1 Å². The van der Waals surface area contributed by atoms with Gasteiger partial charge >= 0.3 is 6.18 Å². The molecule has 0 aliphatic heterocycles. The molecular formula is C15H11F5N2O3S. The molecule has 0 saturated heterocycles. The van der Waals surface area contributed by atoms with E-state index in [9.17, 15) is 35.2 Å². The molecule has 0 aliphatic rings. The molecule has 11 heteroatoms. The van der Waals surface area contributed by atoms with Gasteiger partial charge in [0.05, 0.1) is 12.1 Å². The van der Waals surface area contributed by atoms with Crippen LogP contribution in [0.5, 0.6) is 0 Å². The Hall–Kier alpha value is -2.53. The van der Waals surface area contributed by atoms with Crippen LogP contribution in [0.15, 0.2) is 47.4 Å². The number of nitrogens with one attached hydrogen (secondary N) is 2. The highest BCUT2D eigenvalue weighted by Crippen LogP contribution is 2.31. The van der Waals surface area contributed by atoms with Crippen molar-refractivity contribution < 1.29 is 35.2 Å². The fourth-order valence-corrected chi connectivity index (χ4v) is 2.95. The van der Waals surface area contributed by atoms with Crippen LogP contribution in [-0.4, -0.2) is 20.9 Å². The third-order valence-corrected chi connectivity index (χ3v) is 4.52. The van der Waals surface area contributed by atoms with E-state index in [2.05, 4.69) is 5.32 Å². The highest BCUT2D eigenvalue weighted by atomic mass is 32.2. The lowest BCUT2D eigenvalue weighted by molar-refractivity contribution is -0.137. The highest BCUT2D eigenvalue weighted by Gasteiger charge is 2.33. The summed E-state index contributed by atoms with van der Waals surface area (Å²) in [5.41, 5.74) is -1.18. The Kier molecular flexibility index (Phi) is 5.62. The Labute approximate surface area is 144 Å². The average molecular weight is 394 g/mol. The molecule has 0 radical (unpaired) electrons. The van der Waals surface area contributed by atoms with E-state index in [-0.39, 0.29) is 11.8 Å². The Morgan fingerprint density at radius 2 is 1.62 bits per heavy atom. The summed E-state index contributed by atoms with van der Waals surface area (Å²) in [6, 6.07) is 5.44. The Morgan fingerprint density at radius 1 is 1.00 bits per heavy atom. The van der Waals surface area contributed by atoms with Gasteiger partial charge in [0.2, 0.25) is 15.9 Å². The van der Waals surface area contributed by atoms with Crippen LogP contribution >= 0.6 is 0 Å². The zero-order chi connectivity index (χ0) is 19.5. The molecule has 0 atom stereocenters. The third kappa shape index (κ3) is 4.99. The first kappa shape index (κ1) is 19.8. The van der Waals surface area contributed by atoms with Gasteiger partial charge < -0.3 is 5.32 Å². The van der Waals surface area contributed by atoms with Gasteiger partial charge in [0, 0.05) is 5.69 Å². The van der Waals surface area contributed by atoms with Crippen molar-refractivity contribution in [3.05, 3.63) is 59.7 Å². The van der Waals surface area contributed by atoms with E-state index in [4.69, 9.17) is 0 Å². The fraction of sp³-hybridized carbons (Fsp3) is 0.133. The molecule has 2 N–H and O–H groups in total. The van der Waals surface area contributed by atoms with Crippen LogP contribution < -0.4 is 10.0 Å². The van der Waals surface area contributed by atoms with E-state index < -0.39 is 50.7 Å². The van der Waals surface area contributed by atoms with Crippen LogP contribution in [0, 0.1) is 11.6 Å². The number of halogens is 5. The molecule has 140 valence electrons. The second-order valence-corrected chi connectivity index (χ2v) is 6.76. The van der Waals surface area contributed by atoms with Crippen LogP contribution in [0.1, 0.15) is 5.56 Å². The molecule has 0 bridgehead atoms. The first-order valence-corrected chi connectivity index (χ1v) is 8.39. The van der Waals surface area contributed by atoms with Crippen molar-refractivity contribution in [2.24, 2.45) is 0 Å². The minimum atomic E-state index is -4.86. The normalized spacial score (nSPS) is 12.0. The molecule has 1 amide bonds. The molecule has 0 unspecified atom stereocenters. The van der Waals surface area contributed by atoms with Crippen molar-refractivity contribution in [3.8, 4) is 0 Å². The van der Waals surface area contributed by atoms with Crippen molar-refractivity contribution in [3.63, 3.8) is 0 Å². The summed E-state index contributed by atoms with van der Waals surface area (Å²) in [6.45, 7) is -0.866. The minimum absolute atomic E-state index is 0.134. The number of hydrogen-bond donors (Lipinski definition) is 2. The van der Waals surface area contributed by atoms with Crippen molar-refractivity contribution in [1.29, 1.82) is 0 Å². The van der Waals surface area contributed by atoms with Gasteiger partial charge in [0.1, 0.15) is 16.5 Å². The van der Waals surface area contributed by atoms with Gasteiger partial charge in [0.15, 0.2) is 0 Å². The molecule has 0 fully saturated rings. The maximum Gasteiger partial charge on any atom is 0.416 e. The van der Waals surface area contributed by atoms with E-state index in [0.717, 1.165) is 12.1 Å². The molecule has 0 heterocycles. The second-order valence-electron chi connectivity index (χ2n) is 5.02. The molecule has 2 aromatic rings. The molecule has 0 aliphatic carbocycles. The molecule has 0 spiro atoms. The lowest BCUT2D eigenvalue weighted by atomic mass is 10.2. The topological polar surface area (TPSA) is 75.3 Å².